The molecule has 3 atom stereocenters. The SMILES string of the molecule is COc1cc(C=Nc2ccc([C@@H]3Nc4ccccc4[C@@H]4C=CC[C@@H]43)cc2)cc(Br)c1OCc1cc(C)cc(C)c1. The number of para-hydroxylation sites is 1. The lowest BCUT2D eigenvalue weighted by Crippen LogP contribution is -2.28. The van der Waals surface area contributed by atoms with E-state index in [4.69, 9.17) is 14.5 Å². The van der Waals surface area contributed by atoms with E-state index in [1.807, 2.05) is 18.3 Å². The van der Waals surface area contributed by atoms with Crippen molar-refractivity contribution in [2.75, 3.05) is 12.4 Å². The van der Waals surface area contributed by atoms with Gasteiger partial charge in [-0.15, -0.1) is 0 Å². The van der Waals surface area contributed by atoms with Crippen LogP contribution in [0.1, 0.15) is 51.8 Å². The van der Waals surface area contributed by atoms with Gasteiger partial charge < -0.3 is 14.8 Å². The van der Waals surface area contributed by atoms with Crippen LogP contribution in [-0.4, -0.2) is 13.3 Å². The van der Waals surface area contributed by atoms with E-state index in [1.165, 1.54) is 27.9 Å². The number of hydrogen-bond acceptors (Lipinski definition) is 4. The molecule has 1 N–H and O–H groups in total. The summed E-state index contributed by atoms with van der Waals surface area (Å²) in [5.41, 5.74) is 9.36. The first-order valence-electron chi connectivity index (χ1n) is 13.7. The maximum Gasteiger partial charge on any atom is 0.175 e. The number of ether oxygens (including phenoxy) is 2. The summed E-state index contributed by atoms with van der Waals surface area (Å²) in [4.78, 5) is 4.75. The van der Waals surface area contributed by atoms with Gasteiger partial charge in [-0.05, 0) is 94.7 Å². The lowest BCUT2D eigenvalue weighted by Gasteiger charge is -2.37. The van der Waals surface area contributed by atoms with Crippen molar-refractivity contribution in [3.8, 4) is 11.5 Å². The summed E-state index contributed by atoms with van der Waals surface area (Å²) in [5, 5.41) is 3.80. The van der Waals surface area contributed by atoms with Crippen molar-refractivity contribution in [2.45, 2.75) is 38.8 Å². The highest BCUT2D eigenvalue weighted by Crippen LogP contribution is 2.49. The second kappa shape index (κ2) is 11.3. The first-order valence-corrected chi connectivity index (χ1v) is 14.5. The Kier molecular flexibility index (Phi) is 7.48. The van der Waals surface area contributed by atoms with Gasteiger partial charge in [-0.2, -0.15) is 0 Å². The Balaban J connectivity index is 1.17. The van der Waals surface area contributed by atoms with Crippen molar-refractivity contribution in [1.82, 2.24) is 0 Å². The molecule has 0 unspecified atom stereocenters. The van der Waals surface area contributed by atoms with Gasteiger partial charge in [0.05, 0.1) is 23.3 Å². The molecular formula is C35H33BrN2O2. The van der Waals surface area contributed by atoms with E-state index in [1.54, 1.807) is 7.11 Å². The summed E-state index contributed by atoms with van der Waals surface area (Å²) in [5.74, 6) is 2.36. The van der Waals surface area contributed by atoms with E-state index in [0.717, 1.165) is 27.7 Å². The van der Waals surface area contributed by atoms with E-state index in [-0.39, 0.29) is 6.04 Å². The lowest BCUT2D eigenvalue weighted by atomic mass is 9.77. The standard InChI is InChI=1S/C35H33BrN2O2/c1-22-15-23(2)17-25(16-22)21-40-35-31(36)18-24(19-33(35)39-3)20-37-27-13-11-26(12-14-27)34-30-9-6-8-28(30)29-7-4-5-10-32(29)38-34/h4-8,10-20,28,30,34,38H,9,21H2,1-3H3/t28-,30-,34-/m0/s1. The summed E-state index contributed by atoms with van der Waals surface area (Å²) in [6, 6.07) is 28.0. The molecule has 4 aromatic carbocycles. The molecule has 202 valence electrons. The van der Waals surface area contributed by atoms with Crippen molar-refractivity contribution in [3.63, 3.8) is 0 Å². The molecule has 0 amide bonds. The average Bonchev–Trinajstić information content (AvgIpc) is 3.45. The first-order chi connectivity index (χ1) is 19.5. The van der Waals surface area contributed by atoms with Crippen molar-refractivity contribution in [3.05, 3.63) is 129 Å². The summed E-state index contributed by atoms with van der Waals surface area (Å²) >= 11 is 3.68. The Morgan fingerprint density at radius 1 is 0.975 bits per heavy atom. The largest absolute Gasteiger partial charge is 0.493 e. The number of anilines is 1. The zero-order valence-corrected chi connectivity index (χ0v) is 24.6. The molecule has 0 aromatic heterocycles. The summed E-state index contributed by atoms with van der Waals surface area (Å²) in [7, 11) is 1.66. The van der Waals surface area contributed by atoms with E-state index < -0.39 is 0 Å². The van der Waals surface area contributed by atoms with Crippen LogP contribution in [0.25, 0.3) is 0 Å². The zero-order chi connectivity index (χ0) is 27.6. The fraction of sp³-hybridized carbons (Fsp3) is 0.229. The molecule has 2 aliphatic rings. The molecule has 4 nitrogen and oxygen atoms in total. The number of allylic oxidation sites excluding steroid dienone is 2. The molecular weight excluding hydrogens is 560 g/mol. The smallest absolute Gasteiger partial charge is 0.175 e. The molecule has 5 heteroatoms. The van der Waals surface area contributed by atoms with E-state index in [9.17, 15) is 0 Å². The Morgan fingerprint density at radius 2 is 1.75 bits per heavy atom. The van der Waals surface area contributed by atoms with Gasteiger partial charge in [0.1, 0.15) is 6.61 Å². The molecule has 0 radical (unpaired) electrons. The molecule has 1 aliphatic heterocycles. The predicted molar refractivity (Wildman–Crippen MR) is 167 cm³/mol. The highest BCUT2D eigenvalue weighted by molar-refractivity contribution is 9.10. The predicted octanol–water partition coefficient (Wildman–Crippen LogP) is 9.23. The summed E-state index contributed by atoms with van der Waals surface area (Å²) in [6.45, 7) is 4.67. The van der Waals surface area contributed by atoms with Gasteiger partial charge in [-0.25, -0.2) is 0 Å². The molecule has 0 bridgehead atoms. The van der Waals surface area contributed by atoms with Gasteiger partial charge in [0.15, 0.2) is 11.5 Å². The third-order valence-corrected chi connectivity index (χ3v) is 8.39. The van der Waals surface area contributed by atoms with Crippen LogP contribution in [0.4, 0.5) is 11.4 Å². The van der Waals surface area contributed by atoms with Crippen LogP contribution in [0, 0.1) is 19.8 Å². The fourth-order valence-corrected chi connectivity index (χ4v) is 6.63. The minimum Gasteiger partial charge on any atom is -0.493 e. The second-order valence-electron chi connectivity index (χ2n) is 10.7. The van der Waals surface area contributed by atoms with Gasteiger partial charge in [-0.3, -0.25) is 4.99 Å². The molecule has 1 heterocycles. The summed E-state index contributed by atoms with van der Waals surface area (Å²) < 4.78 is 12.7. The Hall–Kier alpha value is -3.83. The minimum atomic E-state index is 0.282. The third kappa shape index (κ3) is 5.44. The Labute approximate surface area is 244 Å². The van der Waals surface area contributed by atoms with Crippen molar-refractivity contribution < 1.29 is 9.47 Å². The number of hydrogen-bond donors (Lipinski definition) is 1. The van der Waals surface area contributed by atoms with Gasteiger partial charge in [0.25, 0.3) is 0 Å². The number of aryl methyl sites for hydroxylation is 2. The normalized spacial score (nSPS) is 19.2. The van der Waals surface area contributed by atoms with Crippen LogP contribution in [-0.2, 0) is 6.61 Å². The number of nitrogens with zero attached hydrogens (tertiary/aromatic N) is 1. The number of benzene rings is 4. The molecule has 1 aliphatic carbocycles. The third-order valence-electron chi connectivity index (χ3n) is 7.80. The molecule has 0 fully saturated rings. The van der Waals surface area contributed by atoms with Crippen molar-refractivity contribution >= 4 is 33.5 Å². The second-order valence-corrected chi connectivity index (χ2v) is 11.6. The fourth-order valence-electron chi connectivity index (χ4n) is 6.05. The first kappa shape index (κ1) is 26.4. The van der Waals surface area contributed by atoms with Crippen molar-refractivity contribution in [1.29, 1.82) is 0 Å². The van der Waals surface area contributed by atoms with Crippen LogP contribution in [0.3, 0.4) is 0 Å². The topological polar surface area (TPSA) is 42.8 Å². The lowest BCUT2D eigenvalue weighted by molar-refractivity contribution is 0.282. The number of rotatable bonds is 7. The van der Waals surface area contributed by atoms with Gasteiger partial charge in [0, 0.05) is 17.8 Å². The Bertz CT molecular complexity index is 1570. The summed E-state index contributed by atoms with van der Waals surface area (Å²) in [6.07, 6.45) is 7.67. The number of methoxy groups -OCH3 is 1. The monoisotopic (exact) mass is 592 g/mol. The highest BCUT2D eigenvalue weighted by atomic mass is 79.9. The minimum absolute atomic E-state index is 0.282. The number of nitrogens with one attached hydrogen (secondary N) is 1. The Morgan fingerprint density at radius 3 is 2.52 bits per heavy atom. The maximum absolute atomic E-state index is 6.17. The maximum atomic E-state index is 6.17. The van der Waals surface area contributed by atoms with Crippen LogP contribution in [0.2, 0.25) is 0 Å². The average molecular weight is 594 g/mol. The van der Waals surface area contributed by atoms with Gasteiger partial charge in [-0.1, -0.05) is 71.8 Å². The number of aliphatic imine (C=N–C) groups is 1. The van der Waals surface area contributed by atoms with Crippen LogP contribution in [0.15, 0.2) is 100 Å². The molecule has 0 spiro atoms. The number of fused-ring (bicyclic) bond motifs is 3. The van der Waals surface area contributed by atoms with E-state index in [2.05, 4.69) is 114 Å². The van der Waals surface area contributed by atoms with Gasteiger partial charge in [0.2, 0.25) is 0 Å². The van der Waals surface area contributed by atoms with Crippen LogP contribution >= 0.6 is 15.9 Å². The van der Waals surface area contributed by atoms with Crippen LogP contribution < -0.4 is 14.8 Å². The zero-order valence-electron chi connectivity index (χ0n) is 23.0. The molecule has 40 heavy (non-hydrogen) atoms. The van der Waals surface area contributed by atoms with Crippen molar-refractivity contribution in [2.24, 2.45) is 10.9 Å². The molecule has 4 aromatic rings. The molecule has 6 rings (SSSR count). The van der Waals surface area contributed by atoms with E-state index in [0.29, 0.717) is 29.9 Å². The molecule has 0 saturated carbocycles. The highest BCUT2D eigenvalue weighted by Gasteiger charge is 2.37. The van der Waals surface area contributed by atoms with Gasteiger partial charge >= 0.3 is 0 Å². The van der Waals surface area contributed by atoms with E-state index >= 15 is 0 Å². The number of halogens is 1. The molecule has 0 saturated heterocycles. The van der Waals surface area contributed by atoms with Crippen LogP contribution in [0.5, 0.6) is 11.5 Å². The quantitative estimate of drug-likeness (QED) is 0.172.